The average molecular weight is 526 g/mol. The lowest BCUT2D eigenvalue weighted by Gasteiger charge is -2.15. The Morgan fingerprint density at radius 2 is 1.72 bits per heavy atom. The highest BCUT2D eigenvalue weighted by Gasteiger charge is 2.23. The zero-order valence-corrected chi connectivity index (χ0v) is 21.6. The van der Waals surface area contributed by atoms with Crippen LogP contribution in [0.25, 0.3) is 0 Å². The summed E-state index contributed by atoms with van der Waals surface area (Å²) in [5.41, 5.74) is 0.816. The van der Waals surface area contributed by atoms with Crippen LogP contribution < -0.4 is 10.6 Å². The molecule has 2 N–H and O–H groups in total. The van der Waals surface area contributed by atoms with E-state index in [0.717, 1.165) is 43.0 Å². The van der Waals surface area contributed by atoms with Crippen molar-refractivity contribution in [3.05, 3.63) is 39.4 Å². The molecule has 1 aromatic rings. The van der Waals surface area contributed by atoms with Gasteiger partial charge >= 0.3 is 6.09 Å². The summed E-state index contributed by atoms with van der Waals surface area (Å²) in [6, 6.07) is 4.51. The van der Waals surface area contributed by atoms with Crippen molar-refractivity contribution >= 4 is 34.6 Å². The maximum Gasteiger partial charge on any atom is 0.407 e. The first kappa shape index (κ1) is 29.5. The quantitative estimate of drug-likeness (QED) is 0.199. The number of nitrogens with one attached hydrogen (secondary N) is 2. The highest BCUT2D eigenvalue weighted by molar-refractivity contribution is 8.12. The first-order valence-electron chi connectivity index (χ1n) is 12.1. The van der Waals surface area contributed by atoms with Gasteiger partial charge < -0.3 is 24.8 Å². The molecule has 0 spiro atoms. The van der Waals surface area contributed by atoms with Crippen molar-refractivity contribution in [2.24, 2.45) is 5.92 Å². The van der Waals surface area contributed by atoms with Gasteiger partial charge in [-0.25, -0.2) is 4.79 Å². The van der Waals surface area contributed by atoms with E-state index in [1.165, 1.54) is 13.0 Å². The molecule has 2 rings (SSSR count). The molecule has 0 saturated heterocycles. The number of rotatable bonds is 15. The van der Waals surface area contributed by atoms with E-state index in [4.69, 9.17) is 14.2 Å². The molecule has 200 valence electrons. The zero-order chi connectivity index (χ0) is 26.3. The molecule has 0 aliphatic heterocycles. The SMILES string of the molecule is CC(=O)SCc1ccc([N+](=O)[O-])c(C(C)OC(=O)NCCOCCOCCNC(=O)C2CCCC2)c1. The standard InChI is InChI=1S/C24H35N3O8S/c1-17(21-15-19(16-36-18(2)28)7-8-22(21)27(31)32)35-24(30)26-10-12-34-14-13-33-11-9-25-23(29)20-5-3-4-6-20/h7-8,15,17,20H,3-6,9-14,16H2,1-2H3,(H,25,29)(H,26,30). The van der Waals surface area contributed by atoms with E-state index in [0.29, 0.717) is 32.1 Å². The summed E-state index contributed by atoms with van der Waals surface area (Å²) in [4.78, 5) is 46.0. The Hall–Kier alpha value is -2.70. The number of nitro groups is 1. The molecule has 1 unspecified atom stereocenters. The number of amides is 2. The minimum absolute atomic E-state index is 0.0598. The van der Waals surface area contributed by atoms with E-state index in [2.05, 4.69) is 10.6 Å². The molecule has 2 amide bonds. The van der Waals surface area contributed by atoms with Crippen molar-refractivity contribution in [2.75, 3.05) is 39.5 Å². The fourth-order valence-corrected chi connectivity index (χ4v) is 4.31. The number of hydrogen-bond acceptors (Lipinski definition) is 9. The van der Waals surface area contributed by atoms with Gasteiger partial charge in [0.05, 0.1) is 36.9 Å². The molecule has 1 atom stereocenters. The number of carbonyl (C=O) groups is 3. The molecule has 1 aliphatic rings. The van der Waals surface area contributed by atoms with E-state index >= 15 is 0 Å². The minimum atomic E-state index is -0.865. The van der Waals surface area contributed by atoms with Crippen LogP contribution in [-0.2, 0) is 29.6 Å². The van der Waals surface area contributed by atoms with Gasteiger partial charge in [0, 0.05) is 37.8 Å². The Bertz CT molecular complexity index is 892. The van der Waals surface area contributed by atoms with Gasteiger partial charge in [0.1, 0.15) is 6.10 Å². The van der Waals surface area contributed by atoms with Crippen LogP contribution >= 0.6 is 11.8 Å². The Morgan fingerprint density at radius 1 is 1.08 bits per heavy atom. The van der Waals surface area contributed by atoms with Crippen molar-refractivity contribution in [1.29, 1.82) is 0 Å². The second kappa shape index (κ2) is 16.1. The normalized spacial score (nSPS) is 14.3. The van der Waals surface area contributed by atoms with E-state index < -0.39 is 17.1 Å². The first-order chi connectivity index (χ1) is 17.3. The average Bonchev–Trinajstić information content (AvgIpc) is 3.38. The second-order valence-electron chi connectivity index (χ2n) is 8.40. The molecule has 1 aliphatic carbocycles. The van der Waals surface area contributed by atoms with Crippen LogP contribution in [-0.4, -0.2) is 61.6 Å². The fraction of sp³-hybridized carbons (Fsp3) is 0.625. The molecule has 12 heteroatoms. The molecule has 1 saturated carbocycles. The van der Waals surface area contributed by atoms with E-state index in [1.54, 1.807) is 19.1 Å². The lowest BCUT2D eigenvalue weighted by molar-refractivity contribution is -0.386. The molecule has 1 fully saturated rings. The van der Waals surface area contributed by atoms with Crippen LogP contribution in [0.3, 0.4) is 0 Å². The van der Waals surface area contributed by atoms with Crippen molar-refractivity contribution in [2.45, 2.75) is 51.4 Å². The minimum Gasteiger partial charge on any atom is -0.441 e. The van der Waals surface area contributed by atoms with Crippen LogP contribution in [0.5, 0.6) is 0 Å². The molecule has 36 heavy (non-hydrogen) atoms. The topological polar surface area (TPSA) is 146 Å². The lowest BCUT2D eigenvalue weighted by Crippen LogP contribution is -2.32. The monoisotopic (exact) mass is 525 g/mol. The summed E-state index contributed by atoms with van der Waals surface area (Å²) in [5.74, 6) is 0.622. The molecular formula is C24H35N3O8S. The number of nitro benzene ring substituents is 1. The maximum absolute atomic E-state index is 12.1. The summed E-state index contributed by atoms with van der Waals surface area (Å²) in [6.07, 6.45) is 2.59. The molecule has 0 bridgehead atoms. The van der Waals surface area contributed by atoms with Gasteiger partial charge in [-0.2, -0.15) is 0 Å². The summed E-state index contributed by atoms with van der Waals surface area (Å²) in [7, 11) is 0. The fourth-order valence-electron chi connectivity index (χ4n) is 3.76. The second-order valence-corrected chi connectivity index (χ2v) is 9.55. The van der Waals surface area contributed by atoms with Gasteiger partial charge in [0.15, 0.2) is 5.12 Å². The molecule has 0 radical (unpaired) electrons. The molecule has 11 nitrogen and oxygen atoms in total. The highest BCUT2D eigenvalue weighted by Crippen LogP contribution is 2.30. The summed E-state index contributed by atoms with van der Waals surface area (Å²) in [5, 5.41) is 16.7. The van der Waals surface area contributed by atoms with Crippen molar-refractivity contribution in [3.8, 4) is 0 Å². The Labute approximate surface area is 215 Å². The van der Waals surface area contributed by atoms with Gasteiger partial charge in [-0.05, 0) is 31.4 Å². The molecule has 0 aromatic heterocycles. The predicted molar refractivity (Wildman–Crippen MR) is 135 cm³/mol. The van der Waals surface area contributed by atoms with Crippen molar-refractivity contribution < 1.29 is 33.5 Å². The lowest BCUT2D eigenvalue weighted by atomic mass is 10.1. The van der Waals surface area contributed by atoms with Crippen LogP contribution in [0.15, 0.2) is 18.2 Å². The molecule has 1 aromatic carbocycles. The van der Waals surface area contributed by atoms with E-state index in [-0.39, 0.29) is 41.3 Å². The van der Waals surface area contributed by atoms with E-state index in [1.807, 2.05) is 0 Å². The van der Waals surface area contributed by atoms with Crippen LogP contribution in [0.1, 0.15) is 56.8 Å². The summed E-state index contributed by atoms with van der Waals surface area (Å²) in [6.45, 7) is 5.01. The van der Waals surface area contributed by atoms with Gasteiger partial charge in [0.25, 0.3) is 5.69 Å². The number of nitrogens with zero attached hydrogens (tertiary/aromatic N) is 1. The molecule has 0 heterocycles. The third kappa shape index (κ3) is 10.9. The Kier molecular flexibility index (Phi) is 13.2. The number of ether oxygens (including phenoxy) is 3. The zero-order valence-electron chi connectivity index (χ0n) is 20.8. The highest BCUT2D eigenvalue weighted by atomic mass is 32.2. The smallest absolute Gasteiger partial charge is 0.407 e. The number of thioether (sulfide) groups is 1. The van der Waals surface area contributed by atoms with Crippen LogP contribution in [0, 0.1) is 16.0 Å². The Morgan fingerprint density at radius 3 is 2.33 bits per heavy atom. The first-order valence-corrected chi connectivity index (χ1v) is 13.0. The van der Waals surface area contributed by atoms with Gasteiger partial charge in [-0.3, -0.25) is 19.7 Å². The van der Waals surface area contributed by atoms with Crippen molar-refractivity contribution in [3.63, 3.8) is 0 Å². The summed E-state index contributed by atoms with van der Waals surface area (Å²) >= 11 is 1.09. The van der Waals surface area contributed by atoms with E-state index in [9.17, 15) is 24.5 Å². The largest absolute Gasteiger partial charge is 0.441 e. The van der Waals surface area contributed by atoms with Gasteiger partial charge in [0.2, 0.25) is 5.91 Å². The third-order valence-corrected chi connectivity index (χ3v) is 6.50. The van der Waals surface area contributed by atoms with Gasteiger partial charge in [-0.15, -0.1) is 0 Å². The maximum atomic E-state index is 12.1. The number of carbonyl (C=O) groups excluding carboxylic acids is 3. The molecular weight excluding hydrogens is 490 g/mol. The predicted octanol–water partition coefficient (Wildman–Crippen LogP) is 3.50. The van der Waals surface area contributed by atoms with Crippen molar-refractivity contribution in [1.82, 2.24) is 10.6 Å². The third-order valence-electron chi connectivity index (χ3n) is 5.61. The summed E-state index contributed by atoms with van der Waals surface area (Å²) < 4.78 is 16.1. The number of alkyl carbamates (subject to hydrolysis) is 1. The van der Waals surface area contributed by atoms with Crippen LogP contribution in [0.2, 0.25) is 0 Å². The number of hydrogen-bond donors (Lipinski definition) is 2. The number of benzene rings is 1. The van der Waals surface area contributed by atoms with Crippen LogP contribution in [0.4, 0.5) is 10.5 Å². The Balaban J connectivity index is 1.59. The van der Waals surface area contributed by atoms with Gasteiger partial charge in [-0.1, -0.05) is 30.7 Å².